The second-order valence-electron chi connectivity index (χ2n) is 4.12. The molecule has 2 rings (SSSR count). The van der Waals surface area contributed by atoms with E-state index < -0.39 is 0 Å². The van der Waals surface area contributed by atoms with E-state index in [9.17, 15) is 9.59 Å². The van der Waals surface area contributed by atoms with Crippen molar-refractivity contribution in [3.05, 3.63) is 0 Å². The summed E-state index contributed by atoms with van der Waals surface area (Å²) in [5.74, 6) is 0.0365. The summed E-state index contributed by atoms with van der Waals surface area (Å²) in [5, 5.41) is 4.72. The van der Waals surface area contributed by atoms with E-state index in [4.69, 9.17) is 4.74 Å². The van der Waals surface area contributed by atoms with Gasteiger partial charge in [0.05, 0.1) is 32.7 Å². The molecule has 6 heteroatoms. The lowest BCUT2D eigenvalue weighted by atomic mass is 10.1. The summed E-state index contributed by atoms with van der Waals surface area (Å²) < 4.78 is 5.18. The van der Waals surface area contributed by atoms with Gasteiger partial charge >= 0.3 is 0 Å². The quantitative estimate of drug-likeness (QED) is 0.540. The Morgan fingerprint density at radius 3 is 2.94 bits per heavy atom. The molecule has 0 saturated carbocycles. The highest BCUT2D eigenvalue weighted by Crippen LogP contribution is 2.02. The number of hydrogen-bond acceptors (Lipinski definition) is 3. The Kier molecular flexibility index (Phi) is 3.74. The zero-order chi connectivity index (χ0) is 11.4. The third-order valence-electron chi connectivity index (χ3n) is 2.99. The number of amides is 2. The second kappa shape index (κ2) is 5.27. The van der Waals surface area contributed by atoms with Gasteiger partial charge in [0.25, 0.3) is 5.91 Å². The van der Waals surface area contributed by atoms with Gasteiger partial charge < -0.3 is 20.3 Å². The fourth-order valence-corrected chi connectivity index (χ4v) is 2.02. The molecule has 2 saturated heterocycles. The molecule has 0 bridgehead atoms. The molecule has 2 aliphatic heterocycles. The predicted octanol–water partition coefficient (Wildman–Crippen LogP) is -2.70. The zero-order valence-electron chi connectivity index (χ0n) is 9.28. The lowest BCUT2D eigenvalue weighted by molar-refractivity contribution is -0.678. The Morgan fingerprint density at radius 2 is 2.25 bits per heavy atom. The van der Waals surface area contributed by atoms with Crippen molar-refractivity contribution in [3.63, 3.8) is 0 Å². The summed E-state index contributed by atoms with van der Waals surface area (Å²) in [6, 6.07) is -0.246. The average molecular weight is 228 g/mol. The van der Waals surface area contributed by atoms with Crippen LogP contribution < -0.4 is 10.6 Å². The lowest BCUT2D eigenvalue weighted by Gasteiger charge is -2.28. The number of carbonyl (C=O) groups excluding carboxylic acids is 2. The van der Waals surface area contributed by atoms with E-state index in [-0.39, 0.29) is 17.9 Å². The molecule has 2 amide bonds. The van der Waals surface area contributed by atoms with Crippen molar-refractivity contribution in [1.29, 1.82) is 0 Å². The van der Waals surface area contributed by atoms with Gasteiger partial charge in [0, 0.05) is 13.1 Å². The van der Waals surface area contributed by atoms with Crippen molar-refractivity contribution in [3.8, 4) is 0 Å². The molecule has 0 spiro atoms. The van der Waals surface area contributed by atoms with Crippen molar-refractivity contribution in [1.82, 2.24) is 10.2 Å². The molecular formula is C10H18N3O3+. The molecule has 6 nitrogen and oxygen atoms in total. The maximum Gasteiger partial charge on any atom is 0.278 e. The Bertz CT molecular complexity index is 276. The molecule has 0 aliphatic carbocycles. The van der Waals surface area contributed by atoms with E-state index in [1.54, 1.807) is 4.90 Å². The predicted molar refractivity (Wildman–Crippen MR) is 55.6 cm³/mol. The fraction of sp³-hybridized carbons (Fsp3) is 0.800. The SMILES string of the molecule is O=C1NCC[NH2+][C@@H]1CC(=O)N1CCOCC1. The maximum absolute atomic E-state index is 11.9. The number of morpholine rings is 1. The van der Waals surface area contributed by atoms with Crippen molar-refractivity contribution in [2.45, 2.75) is 12.5 Å². The Hall–Kier alpha value is -1.14. The largest absolute Gasteiger partial charge is 0.378 e. The minimum atomic E-state index is -0.246. The van der Waals surface area contributed by atoms with Gasteiger partial charge in [-0.15, -0.1) is 0 Å². The number of nitrogens with two attached hydrogens (primary N) is 1. The van der Waals surface area contributed by atoms with Crippen molar-refractivity contribution in [2.75, 3.05) is 39.4 Å². The molecule has 2 fully saturated rings. The number of nitrogens with one attached hydrogen (secondary N) is 1. The smallest absolute Gasteiger partial charge is 0.278 e. The van der Waals surface area contributed by atoms with E-state index in [1.165, 1.54) is 0 Å². The average Bonchev–Trinajstić information content (AvgIpc) is 2.33. The molecule has 0 aromatic carbocycles. The Labute approximate surface area is 94.3 Å². The summed E-state index contributed by atoms with van der Waals surface area (Å²) in [6.45, 7) is 4.05. The Balaban J connectivity index is 1.83. The van der Waals surface area contributed by atoms with Gasteiger partial charge in [-0.3, -0.25) is 9.59 Å². The van der Waals surface area contributed by atoms with Gasteiger partial charge in [0.2, 0.25) is 5.91 Å². The van der Waals surface area contributed by atoms with Gasteiger partial charge in [-0.1, -0.05) is 0 Å². The molecule has 90 valence electrons. The molecule has 0 radical (unpaired) electrons. The van der Waals surface area contributed by atoms with Crippen LogP contribution in [0.1, 0.15) is 6.42 Å². The first-order valence-electron chi connectivity index (χ1n) is 5.74. The highest BCUT2D eigenvalue weighted by atomic mass is 16.5. The van der Waals surface area contributed by atoms with Crippen LogP contribution in [0.4, 0.5) is 0 Å². The number of rotatable bonds is 2. The number of nitrogens with zero attached hydrogens (tertiary/aromatic N) is 1. The highest BCUT2D eigenvalue weighted by Gasteiger charge is 2.30. The first-order valence-corrected chi connectivity index (χ1v) is 5.74. The summed E-state index contributed by atoms with van der Waals surface area (Å²) in [5.41, 5.74) is 0. The zero-order valence-corrected chi connectivity index (χ0v) is 9.28. The van der Waals surface area contributed by atoms with Gasteiger partial charge in [-0.25, -0.2) is 0 Å². The third kappa shape index (κ3) is 2.70. The fourth-order valence-electron chi connectivity index (χ4n) is 2.02. The van der Waals surface area contributed by atoms with Crippen LogP contribution in [-0.4, -0.2) is 62.1 Å². The minimum Gasteiger partial charge on any atom is -0.378 e. The van der Waals surface area contributed by atoms with E-state index in [1.807, 2.05) is 5.32 Å². The minimum absolute atomic E-state index is 0.0205. The summed E-state index contributed by atoms with van der Waals surface area (Å²) in [6.07, 6.45) is 0.297. The van der Waals surface area contributed by atoms with Crippen LogP contribution in [0.5, 0.6) is 0 Å². The van der Waals surface area contributed by atoms with Gasteiger partial charge in [-0.05, 0) is 0 Å². The van der Waals surface area contributed by atoms with E-state index in [0.717, 1.165) is 6.54 Å². The number of ether oxygens (including phenoxy) is 1. The van der Waals surface area contributed by atoms with Crippen molar-refractivity contribution >= 4 is 11.8 Å². The first kappa shape index (κ1) is 11.3. The van der Waals surface area contributed by atoms with Crippen molar-refractivity contribution < 1.29 is 19.6 Å². The van der Waals surface area contributed by atoms with Crippen LogP contribution in [0.15, 0.2) is 0 Å². The van der Waals surface area contributed by atoms with Gasteiger partial charge in [0.15, 0.2) is 6.04 Å². The first-order chi connectivity index (χ1) is 7.77. The number of piperazine rings is 1. The van der Waals surface area contributed by atoms with Crippen LogP contribution >= 0.6 is 0 Å². The Morgan fingerprint density at radius 1 is 1.50 bits per heavy atom. The molecule has 0 aromatic heterocycles. The molecule has 2 aliphatic rings. The summed E-state index contributed by atoms with van der Waals surface area (Å²) >= 11 is 0. The third-order valence-corrected chi connectivity index (χ3v) is 2.99. The standard InChI is InChI=1S/C10H17N3O3/c14-9(13-3-5-16-6-4-13)7-8-10(15)12-2-1-11-8/h8,11H,1-7H2,(H,12,15)/p+1/t8-/m1/s1. The monoisotopic (exact) mass is 228 g/mol. The maximum atomic E-state index is 11.9. The molecule has 16 heavy (non-hydrogen) atoms. The van der Waals surface area contributed by atoms with Gasteiger partial charge in [-0.2, -0.15) is 0 Å². The van der Waals surface area contributed by atoms with Crippen LogP contribution in [0, 0.1) is 0 Å². The number of hydrogen-bond donors (Lipinski definition) is 2. The molecule has 3 N–H and O–H groups in total. The molecule has 0 aromatic rings. The van der Waals surface area contributed by atoms with Crippen LogP contribution in [0.3, 0.4) is 0 Å². The normalized spacial score (nSPS) is 26.4. The van der Waals surface area contributed by atoms with E-state index >= 15 is 0 Å². The van der Waals surface area contributed by atoms with Crippen LogP contribution in [0.2, 0.25) is 0 Å². The van der Waals surface area contributed by atoms with E-state index in [0.29, 0.717) is 39.3 Å². The highest BCUT2D eigenvalue weighted by molar-refractivity contribution is 5.87. The molecular weight excluding hydrogens is 210 g/mol. The van der Waals surface area contributed by atoms with Crippen LogP contribution in [0.25, 0.3) is 0 Å². The summed E-state index contributed by atoms with van der Waals surface area (Å²) in [4.78, 5) is 25.1. The molecule has 0 unspecified atom stereocenters. The van der Waals surface area contributed by atoms with Gasteiger partial charge in [0.1, 0.15) is 0 Å². The lowest BCUT2D eigenvalue weighted by Crippen LogP contribution is -2.96. The second-order valence-corrected chi connectivity index (χ2v) is 4.12. The number of quaternary nitrogens is 1. The number of carbonyl (C=O) groups is 2. The molecule has 2 heterocycles. The van der Waals surface area contributed by atoms with Crippen LogP contribution in [-0.2, 0) is 14.3 Å². The van der Waals surface area contributed by atoms with E-state index in [2.05, 4.69) is 5.32 Å². The topological polar surface area (TPSA) is 75.2 Å². The molecule has 1 atom stereocenters. The van der Waals surface area contributed by atoms with Crippen molar-refractivity contribution in [2.24, 2.45) is 0 Å². The summed E-state index contributed by atoms with van der Waals surface area (Å²) in [7, 11) is 0.